The van der Waals surface area contributed by atoms with Crippen molar-refractivity contribution < 1.29 is 14.7 Å². The Morgan fingerprint density at radius 2 is 1.81 bits per heavy atom. The minimum atomic E-state index is -0.688. The van der Waals surface area contributed by atoms with Crippen LogP contribution >= 0.6 is 0 Å². The molecule has 2 amide bonds. The first kappa shape index (κ1) is 18.5. The first-order valence-corrected chi connectivity index (χ1v) is 10.3. The number of hydrogen-bond acceptors (Lipinski definition) is 4. The van der Waals surface area contributed by atoms with E-state index in [1.807, 2.05) is 6.92 Å². The van der Waals surface area contributed by atoms with Crippen LogP contribution in [-0.4, -0.2) is 59.6 Å². The fraction of sp³-hybridized carbons (Fsp3) is 0.750. The van der Waals surface area contributed by atoms with E-state index in [4.69, 9.17) is 0 Å². The maximum atomic E-state index is 12.7. The van der Waals surface area contributed by atoms with Gasteiger partial charge in [0.15, 0.2) is 5.96 Å². The number of allylic oxidation sites excluding steroid dienone is 2. The predicted octanol–water partition coefficient (Wildman–Crippen LogP) is 0.654. The normalized spacial score (nSPS) is 33.9. The van der Waals surface area contributed by atoms with E-state index in [0.29, 0.717) is 32.1 Å². The highest BCUT2D eigenvalue weighted by Gasteiger charge is 2.58. The van der Waals surface area contributed by atoms with Gasteiger partial charge < -0.3 is 15.7 Å². The standard InChI is InChI=1S/C20H30N4O3/c1-2-21-19(23-12-20(27)7-3-4-8-20)22-9-10-24-17(25)15-13-5-6-14(11-13)16(15)18(24)26/h5-6,13-16,27H,2-4,7-12H2,1H3,(H2,21,22,23). The van der Waals surface area contributed by atoms with Crippen LogP contribution in [-0.2, 0) is 9.59 Å². The lowest BCUT2D eigenvalue weighted by Crippen LogP contribution is -2.44. The molecule has 4 aliphatic rings. The molecule has 2 bridgehead atoms. The quantitative estimate of drug-likeness (QED) is 0.275. The molecule has 4 atom stereocenters. The van der Waals surface area contributed by atoms with Gasteiger partial charge in [0.1, 0.15) is 0 Å². The minimum absolute atomic E-state index is 0.00847. The van der Waals surface area contributed by atoms with Gasteiger partial charge in [-0.05, 0) is 38.0 Å². The van der Waals surface area contributed by atoms with Crippen molar-refractivity contribution in [3.05, 3.63) is 12.2 Å². The van der Waals surface area contributed by atoms with Gasteiger partial charge in [0.2, 0.25) is 11.8 Å². The molecule has 27 heavy (non-hydrogen) atoms. The Morgan fingerprint density at radius 3 is 2.41 bits per heavy atom. The van der Waals surface area contributed by atoms with Crippen LogP contribution in [0.3, 0.4) is 0 Å². The number of likely N-dealkylation sites (tertiary alicyclic amines) is 1. The summed E-state index contributed by atoms with van der Waals surface area (Å²) in [5.74, 6) is 0.841. The van der Waals surface area contributed by atoms with Gasteiger partial charge in [-0.1, -0.05) is 25.0 Å². The van der Waals surface area contributed by atoms with Gasteiger partial charge in [-0.3, -0.25) is 19.5 Å². The van der Waals surface area contributed by atoms with Gasteiger partial charge in [-0.25, -0.2) is 0 Å². The molecule has 7 heteroatoms. The Balaban J connectivity index is 1.31. The van der Waals surface area contributed by atoms with E-state index in [1.165, 1.54) is 4.90 Å². The van der Waals surface area contributed by atoms with Crippen LogP contribution in [0, 0.1) is 23.7 Å². The average Bonchev–Trinajstić information content (AvgIpc) is 3.41. The van der Waals surface area contributed by atoms with Gasteiger partial charge in [0, 0.05) is 19.6 Å². The van der Waals surface area contributed by atoms with Crippen LogP contribution in [0.2, 0.25) is 0 Å². The van der Waals surface area contributed by atoms with Crippen LogP contribution in [0.15, 0.2) is 17.1 Å². The molecular formula is C20H30N4O3. The highest BCUT2D eigenvalue weighted by molar-refractivity contribution is 6.06. The van der Waals surface area contributed by atoms with E-state index in [2.05, 4.69) is 27.8 Å². The number of guanidine groups is 1. The molecule has 0 aromatic heterocycles. The number of aliphatic imine (C=N–C) groups is 1. The Kier molecular flexibility index (Phi) is 4.97. The summed E-state index contributed by atoms with van der Waals surface area (Å²) >= 11 is 0. The zero-order valence-corrected chi connectivity index (χ0v) is 16.0. The number of hydrogen-bond donors (Lipinski definition) is 3. The molecule has 1 saturated heterocycles. The number of nitrogens with zero attached hydrogens (tertiary/aromatic N) is 2. The number of aliphatic hydroxyl groups is 1. The zero-order valence-electron chi connectivity index (χ0n) is 16.0. The van der Waals surface area contributed by atoms with E-state index in [9.17, 15) is 14.7 Å². The van der Waals surface area contributed by atoms with Crippen LogP contribution < -0.4 is 10.6 Å². The Labute approximate surface area is 160 Å². The average molecular weight is 374 g/mol. The summed E-state index contributed by atoms with van der Waals surface area (Å²) < 4.78 is 0. The SMILES string of the molecule is CCNC(=NCC1(O)CCCC1)NCCN1C(=O)C2C3C=CC(C3)C2C1=O. The van der Waals surface area contributed by atoms with Gasteiger partial charge >= 0.3 is 0 Å². The molecule has 3 fully saturated rings. The van der Waals surface area contributed by atoms with Crippen molar-refractivity contribution in [2.45, 2.75) is 44.6 Å². The highest BCUT2D eigenvalue weighted by atomic mass is 16.3. The maximum absolute atomic E-state index is 12.7. The van der Waals surface area contributed by atoms with Gasteiger partial charge in [-0.15, -0.1) is 0 Å². The minimum Gasteiger partial charge on any atom is -0.388 e. The summed E-state index contributed by atoms with van der Waals surface area (Å²) in [6.45, 7) is 3.90. The second kappa shape index (κ2) is 7.26. The summed E-state index contributed by atoms with van der Waals surface area (Å²) in [6, 6.07) is 0. The molecule has 4 rings (SSSR count). The molecule has 0 radical (unpaired) electrons. The third kappa shape index (κ3) is 3.37. The van der Waals surface area contributed by atoms with Crippen molar-refractivity contribution in [1.29, 1.82) is 0 Å². The summed E-state index contributed by atoms with van der Waals surface area (Å²) in [5, 5.41) is 16.8. The number of nitrogens with one attached hydrogen (secondary N) is 2. The number of imide groups is 1. The van der Waals surface area contributed by atoms with Crippen LogP contribution in [0.25, 0.3) is 0 Å². The number of carbonyl (C=O) groups is 2. The molecule has 4 unspecified atom stereocenters. The maximum Gasteiger partial charge on any atom is 0.233 e. The molecule has 0 aromatic rings. The van der Waals surface area contributed by atoms with Crippen molar-refractivity contribution in [2.24, 2.45) is 28.7 Å². The second-order valence-corrected chi connectivity index (χ2v) is 8.38. The third-order valence-electron chi connectivity index (χ3n) is 6.60. The van der Waals surface area contributed by atoms with Crippen LogP contribution in [0.1, 0.15) is 39.0 Å². The van der Waals surface area contributed by atoms with Crippen molar-refractivity contribution in [1.82, 2.24) is 15.5 Å². The van der Waals surface area contributed by atoms with E-state index >= 15 is 0 Å². The van der Waals surface area contributed by atoms with Crippen molar-refractivity contribution in [3.63, 3.8) is 0 Å². The lowest BCUT2D eigenvalue weighted by Gasteiger charge is -2.21. The topological polar surface area (TPSA) is 94.0 Å². The Hall–Kier alpha value is -1.89. The first-order chi connectivity index (χ1) is 13.0. The van der Waals surface area contributed by atoms with E-state index in [0.717, 1.165) is 32.1 Å². The number of amides is 2. The van der Waals surface area contributed by atoms with Crippen LogP contribution in [0.5, 0.6) is 0 Å². The fourth-order valence-electron chi connectivity index (χ4n) is 5.23. The Bertz CT molecular complexity index is 638. The molecule has 7 nitrogen and oxygen atoms in total. The lowest BCUT2D eigenvalue weighted by molar-refractivity contribution is -0.140. The van der Waals surface area contributed by atoms with E-state index in [-0.39, 0.29) is 35.5 Å². The van der Waals surface area contributed by atoms with E-state index in [1.54, 1.807) is 0 Å². The summed E-state index contributed by atoms with van der Waals surface area (Å²) in [6.07, 6.45) is 8.88. The van der Waals surface area contributed by atoms with Gasteiger partial charge in [0.25, 0.3) is 0 Å². The number of rotatable bonds is 6. The molecule has 148 valence electrons. The molecule has 2 saturated carbocycles. The van der Waals surface area contributed by atoms with Crippen molar-refractivity contribution in [3.8, 4) is 0 Å². The molecular weight excluding hydrogens is 344 g/mol. The van der Waals surface area contributed by atoms with Crippen molar-refractivity contribution >= 4 is 17.8 Å². The largest absolute Gasteiger partial charge is 0.388 e. The third-order valence-corrected chi connectivity index (χ3v) is 6.60. The monoisotopic (exact) mass is 374 g/mol. The number of carbonyl (C=O) groups excluding carboxylic acids is 2. The lowest BCUT2D eigenvalue weighted by atomic mass is 9.85. The number of fused-ring (bicyclic) bond motifs is 5. The van der Waals surface area contributed by atoms with Gasteiger partial charge in [0.05, 0.1) is 24.0 Å². The molecule has 3 aliphatic carbocycles. The van der Waals surface area contributed by atoms with Crippen LogP contribution in [0.4, 0.5) is 0 Å². The molecule has 1 aliphatic heterocycles. The summed E-state index contributed by atoms with van der Waals surface area (Å²) in [4.78, 5) is 31.3. The fourth-order valence-corrected chi connectivity index (χ4v) is 5.23. The van der Waals surface area contributed by atoms with E-state index < -0.39 is 5.60 Å². The predicted molar refractivity (Wildman–Crippen MR) is 102 cm³/mol. The molecule has 0 spiro atoms. The molecule has 1 heterocycles. The molecule has 3 N–H and O–H groups in total. The van der Waals surface area contributed by atoms with Crippen molar-refractivity contribution in [2.75, 3.05) is 26.2 Å². The summed E-state index contributed by atoms with van der Waals surface area (Å²) in [7, 11) is 0. The zero-order chi connectivity index (χ0) is 19.0. The second-order valence-electron chi connectivity index (χ2n) is 8.38. The summed E-state index contributed by atoms with van der Waals surface area (Å²) in [5.41, 5.74) is -0.688. The smallest absolute Gasteiger partial charge is 0.233 e. The first-order valence-electron chi connectivity index (χ1n) is 10.3. The highest BCUT2D eigenvalue weighted by Crippen LogP contribution is 2.52. The van der Waals surface area contributed by atoms with Gasteiger partial charge in [-0.2, -0.15) is 0 Å². The Morgan fingerprint density at radius 1 is 1.19 bits per heavy atom. The molecule has 0 aromatic carbocycles.